The number of hydrogen-bond donors (Lipinski definition) is 0. The average molecular weight is 367 g/mol. The number of anilines is 1. The van der Waals surface area contributed by atoms with E-state index in [0.29, 0.717) is 0 Å². The molecule has 1 aromatic carbocycles. The highest BCUT2D eigenvalue weighted by Gasteiger charge is 2.21. The number of thiophene rings is 1. The quantitative estimate of drug-likeness (QED) is 0.680. The van der Waals surface area contributed by atoms with E-state index in [4.69, 9.17) is 9.97 Å². The first kappa shape index (κ1) is 17.4. The predicted molar refractivity (Wildman–Crippen MR) is 110 cm³/mol. The lowest BCUT2D eigenvalue weighted by molar-refractivity contribution is 0.258. The smallest absolute Gasteiger partial charge is 0.141 e. The van der Waals surface area contributed by atoms with Crippen LogP contribution < -0.4 is 4.90 Å². The van der Waals surface area contributed by atoms with Crippen LogP contribution in [0.1, 0.15) is 29.6 Å². The summed E-state index contributed by atoms with van der Waals surface area (Å²) in [4.78, 5) is 17.3. The summed E-state index contributed by atoms with van der Waals surface area (Å²) < 4.78 is 0. The maximum atomic E-state index is 5.01. The number of piperazine rings is 1. The van der Waals surface area contributed by atoms with E-state index >= 15 is 0 Å². The third-order valence-electron chi connectivity index (χ3n) is 4.96. The molecule has 2 aromatic heterocycles. The molecule has 1 saturated heterocycles. The van der Waals surface area contributed by atoms with Gasteiger partial charge in [0.05, 0.1) is 5.39 Å². The van der Waals surface area contributed by atoms with Gasteiger partial charge in [-0.1, -0.05) is 37.3 Å². The molecule has 0 amide bonds. The molecule has 0 radical (unpaired) electrons. The van der Waals surface area contributed by atoms with E-state index in [2.05, 4.69) is 60.0 Å². The van der Waals surface area contributed by atoms with E-state index in [-0.39, 0.29) is 0 Å². The van der Waals surface area contributed by atoms with Crippen molar-refractivity contribution in [2.24, 2.45) is 0 Å². The van der Waals surface area contributed by atoms with Crippen molar-refractivity contribution in [3.05, 3.63) is 52.7 Å². The Kier molecular flexibility index (Phi) is 5.18. The Morgan fingerprint density at radius 3 is 2.54 bits per heavy atom. The number of hydrogen-bond acceptors (Lipinski definition) is 5. The Morgan fingerprint density at radius 1 is 1.04 bits per heavy atom. The van der Waals surface area contributed by atoms with Crippen LogP contribution in [-0.4, -0.2) is 47.6 Å². The van der Waals surface area contributed by atoms with Crippen LogP contribution in [0.15, 0.2) is 36.4 Å². The van der Waals surface area contributed by atoms with Crippen LogP contribution in [0.3, 0.4) is 0 Å². The molecule has 5 heteroatoms. The van der Waals surface area contributed by atoms with Crippen molar-refractivity contribution in [1.82, 2.24) is 14.9 Å². The molecule has 0 N–H and O–H groups in total. The zero-order valence-electron chi connectivity index (χ0n) is 15.6. The third-order valence-corrected chi connectivity index (χ3v) is 5.90. The normalized spacial score (nSPS) is 15.7. The molecular formula is C21H26N4S. The molecule has 0 spiro atoms. The SMILES string of the molecule is CCCN1CCN(c2nc(Cc3ccccc3)nc3sc(C)cc23)CC1. The highest BCUT2D eigenvalue weighted by molar-refractivity contribution is 7.18. The Balaban J connectivity index is 1.64. The van der Waals surface area contributed by atoms with E-state index in [9.17, 15) is 0 Å². The van der Waals surface area contributed by atoms with Gasteiger partial charge in [0.1, 0.15) is 16.5 Å². The number of nitrogens with zero attached hydrogens (tertiary/aromatic N) is 4. The van der Waals surface area contributed by atoms with Crippen LogP contribution in [0.25, 0.3) is 10.2 Å². The van der Waals surface area contributed by atoms with E-state index in [1.807, 2.05) is 0 Å². The number of aromatic nitrogens is 2. The summed E-state index contributed by atoms with van der Waals surface area (Å²) >= 11 is 1.78. The van der Waals surface area contributed by atoms with Crippen molar-refractivity contribution >= 4 is 27.4 Å². The summed E-state index contributed by atoms with van der Waals surface area (Å²) in [6, 6.07) is 12.8. The van der Waals surface area contributed by atoms with Crippen LogP contribution in [-0.2, 0) is 6.42 Å². The highest BCUT2D eigenvalue weighted by atomic mass is 32.1. The maximum Gasteiger partial charge on any atom is 0.141 e. The summed E-state index contributed by atoms with van der Waals surface area (Å²) in [5, 5.41) is 1.22. The van der Waals surface area contributed by atoms with Crippen LogP contribution in [0.2, 0.25) is 0 Å². The molecule has 136 valence electrons. The van der Waals surface area contributed by atoms with Crippen molar-refractivity contribution in [1.29, 1.82) is 0 Å². The number of fused-ring (bicyclic) bond motifs is 1. The van der Waals surface area contributed by atoms with Crippen LogP contribution in [0.5, 0.6) is 0 Å². The molecule has 4 nitrogen and oxygen atoms in total. The van der Waals surface area contributed by atoms with Gasteiger partial charge in [-0.15, -0.1) is 11.3 Å². The summed E-state index contributed by atoms with van der Waals surface area (Å²) in [6.45, 7) is 9.95. The molecule has 3 aromatic rings. The van der Waals surface area contributed by atoms with E-state index < -0.39 is 0 Å². The molecule has 1 aliphatic heterocycles. The van der Waals surface area contributed by atoms with Gasteiger partial charge in [-0.3, -0.25) is 4.90 Å². The molecular weight excluding hydrogens is 340 g/mol. The molecule has 0 bridgehead atoms. The minimum absolute atomic E-state index is 0.788. The maximum absolute atomic E-state index is 5.01. The van der Waals surface area contributed by atoms with Crippen LogP contribution >= 0.6 is 11.3 Å². The van der Waals surface area contributed by atoms with Crippen molar-refractivity contribution in [3.8, 4) is 0 Å². The van der Waals surface area contributed by atoms with Gasteiger partial charge in [-0.2, -0.15) is 0 Å². The first-order valence-corrected chi connectivity index (χ1v) is 10.3. The lowest BCUT2D eigenvalue weighted by Gasteiger charge is -2.35. The first-order valence-electron chi connectivity index (χ1n) is 9.51. The van der Waals surface area contributed by atoms with E-state index in [1.165, 1.54) is 28.8 Å². The summed E-state index contributed by atoms with van der Waals surface area (Å²) in [7, 11) is 0. The van der Waals surface area contributed by atoms with Crippen molar-refractivity contribution in [2.75, 3.05) is 37.6 Å². The second kappa shape index (κ2) is 7.72. The van der Waals surface area contributed by atoms with E-state index in [1.54, 1.807) is 11.3 Å². The Bertz CT molecular complexity index is 866. The zero-order valence-corrected chi connectivity index (χ0v) is 16.4. The first-order chi connectivity index (χ1) is 12.7. The fraction of sp³-hybridized carbons (Fsp3) is 0.429. The van der Waals surface area contributed by atoms with Gasteiger partial charge in [0.25, 0.3) is 0 Å². The van der Waals surface area contributed by atoms with Crippen LogP contribution in [0.4, 0.5) is 5.82 Å². The van der Waals surface area contributed by atoms with Gasteiger partial charge in [0.2, 0.25) is 0 Å². The molecule has 26 heavy (non-hydrogen) atoms. The van der Waals surface area contributed by atoms with Gasteiger partial charge >= 0.3 is 0 Å². The molecule has 0 unspecified atom stereocenters. The largest absolute Gasteiger partial charge is 0.353 e. The number of rotatable bonds is 5. The van der Waals surface area contributed by atoms with E-state index in [0.717, 1.165) is 49.1 Å². The van der Waals surface area contributed by atoms with Gasteiger partial charge in [-0.05, 0) is 31.5 Å². The standard InChI is InChI=1S/C21H26N4S/c1-3-9-24-10-12-25(13-11-24)20-18-14-16(2)26-21(18)23-19(22-20)15-17-7-5-4-6-8-17/h4-8,14H,3,9-13,15H2,1-2H3. The molecule has 3 heterocycles. The van der Waals surface area contributed by atoms with Crippen molar-refractivity contribution in [3.63, 3.8) is 0 Å². The lowest BCUT2D eigenvalue weighted by Crippen LogP contribution is -2.47. The van der Waals surface area contributed by atoms with Gasteiger partial charge in [0, 0.05) is 37.5 Å². The molecule has 1 fully saturated rings. The zero-order chi connectivity index (χ0) is 17.9. The third kappa shape index (κ3) is 3.74. The summed E-state index contributed by atoms with van der Waals surface area (Å²) in [6.07, 6.45) is 2.01. The number of aryl methyl sites for hydroxylation is 1. The minimum atomic E-state index is 0.788. The molecule has 4 rings (SSSR count). The Hall–Kier alpha value is -1.98. The van der Waals surface area contributed by atoms with Gasteiger partial charge in [-0.25, -0.2) is 9.97 Å². The molecule has 0 atom stereocenters. The monoisotopic (exact) mass is 366 g/mol. The van der Waals surface area contributed by atoms with Gasteiger partial charge in [0.15, 0.2) is 0 Å². The lowest BCUT2D eigenvalue weighted by atomic mass is 10.1. The minimum Gasteiger partial charge on any atom is -0.353 e. The Morgan fingerprint density at radius 2 is 1.81 bits per heavy atom. The molecule has 0 saturated carbocycles. The van der Waals surface area contributed by atoms with Crippen LogP contribution in [0, 0.1) is 6.92 Å². The Labute approximate surface area is 159 Å². The molecule has 0 aliphatic carbocycles. The summed E-state index contributed by atoms with van der Waals surface area (Å²) in [5.41, 5.74) is 1.26. The topological polar surface area (TPSA) is 32.3 Å². The summed E-state index contributed by atoms with van der Waals surface area (Å²) in [5.74, 6) is 2.05. The fourth-order valence-electron chi connectivity index (χ4n) is 3.67. The fourth-order valence-corrected chi connectivity index (χ4v) is 4.56. The second-order valence-electron chi connectivity index (χ2n) is 7.03. The highest BCUT2D eigenvalue weighted by Crippen LogP contribution is 2.31. The average Bonchev–Trinajstić information content (AvgIpc) is 3.03. The number of benzene rings is 1. The molecule has 1 aliphatic rings. The van der Waals surface area contributed by atoms with Crippen molar-refractivity contribution < 1.29 is 0 Å². The second-order valence-corrected chi connectivity index (χ2v) is 8.27. The van der Waals surface area contributed by atoms with Gasteiger partial charge < -0.3 is 4.90 Å². The predicted octanol–water partition coefficient (Wildman–Crippen LogP) is 4.12. The van der Waals surface area contributed by atoms with Crippen molar-refractivity contribution in [2.45, 2.75) is 26.7 Å².